The molecule has 1 aromatic heterocycles. The van der Waals surface area contributed by atoms with E-state index in [2.05, 4.69) is 10.4 Å². The summed E-state index contributed by atoms with van der Waals surface area (Å²) < 4.78 is 34.3. The monoisotopic (exact) mass is 420 g/mol. The Morgan fingerprint density at radius 2 is 1.90 bits per heavy atom. The lowest BCUT2D eigenvalue weighted by Gasteiger charge is -2.15. The SMILES string of the molecule is COc1ccccc1CNC(=O)CCn1nc(C)c(S(=O)(=O)N2CCCC2)c1C. The Morgan fingerprint density at radius 1 is 1.21 bits per heavy atom. The van der Waals surface area contributed by atoms with Crippen molar-refractivity contribution in [1.29, 1.82) is 0 Å². The number of carbonyl (C=O) groups is 1. The minimum absolute atomic E-state index is 0.132. The Balaban J connectivity index is 1.63. The second kappa shape index (κ2) is 8.96. The molecule has 0 bridgehead atoms. The third kappa shape index (κ3) is 4.62. The zero-order valence-corrected chi connectivity index (χ0v) is 18.0. The molecule has 0 unspecified atom stereocenters. The van der Waals surface area contributed by atoms with E-state index in [1.165, 1.54) is 4.31 Å². The molecule has 9 heteroatoms. The Hall–Kier alpha value is -2.39. The summed E-state index contributed by atoms with van der Waals surface area (Å²) in [4.78, 5) is 12.6. The van der Waals surface area contributed by atoms with Crippen molar-refractivity contribution in [2.45, 2.75) is 51.1 Å². The molecule has 0 aliphatic carbocycles. The standard InChI is InChI=1S/C20H28N4O4S/c1-15-20(29(26,27)23-11-6-7-12-23)16(2)24(22-15)13-10-19(25)21-14-17-8-4-5-9-18(17)28-3/h4-5,8-9H,6-7,10-14H2,1-3H3,(H,21,25). The van der Waals surface area contributed by atoms with E-state index in [1.807, 2.05) is 24.3 Å². The van der Waals surface area contributed by atoms with Gasteiger partial charge in [0, 0.05) is 31.6 Å². The average Bonchev–Trinajstić information content (AvgIpc) is 3.34. The maximum atomic E-state index is 12.9. The minimum atomic E-state index is -3.54. The van der Waals surface area contributed by atoms with Gasteiger partial charge in [0.15, 0.2) is 0 Å². The summed E-state index contributed by atoms with van der Waals surface area (Å²) in [5, 5.41) is 7.25. The predicted octanol–water partition coefficient (Wildman–Crippen LogP) is 2.00. The molecule has 1 aliphatic heterocycles. The van der Waals surface area contributed by atoms with Crippen molar-refractivity contribution >= 4 is 15.9 Å². The van der Waals surface area contributed by atoms with Crippen LogP contribution in [0.25, 0.3) is 0 Å². The van der Waals surface area contributed by atoms with Crippen LogP contribution in [0.3, 0.4) is 0 Å². The van der Waals surface area contributed by atoms with Crippen LogP contribution in [0.5, 0.6) is 5.75 Å². The summed E-state index contributed by atoms with van der Waals surface area (Å²) in [5.41, 5.74) is 1.95. The van der Waals surface area contributed by atoms with E-state index in [-0.39, 0.29) is 17.2 Å². The summed E-state index contributed by atoms with van der Waals surface area (Å²) in [6.45, 7) is 5.24. The van der Waals surface area contributed by atoms with Crippen LogP contribution in [0.2, 0.25) is 0 Å². The van der Waals surface area contributed by atoms with Crippen LogP contribution in [-0.4, -0.2) is 48.6 Å². The summed E-state index contributed by atoms with van der Waals surface area (Å²) >= 11 is 0. The normalized spacial score (nSPS) is 14.9. The average molecular weight is 421 g/mol. The number of rotatable bonds is 8. The molecule has 1 aliphatic rings. The van der Waals surface area contributed by atoms with E-state index < -0.39 is 10.0 Å². The quantitative estimate of drug-likeness (QED) is 0.705. The van der Waals surface area contributed by atoms with Gasteiger partial charge in [0.05, 0.1) is 25.0 Å². The van der Waals surface area contributed by atoms with Crippen molar-refractivity contribution in [3.63, 3.8) is 0 Å². The highest BCUT2D eigenvalue weighted by atomic mass is 32.2. The number of benzene rings is 1. The smallest absolute Gasteiger partial charge is 0.246 e. The van der Waals surface area contributed by atoms with Crippen LogP contribution < -0.4 is 10.1 Å². The molecule has 1 saturated heterocycles. The van der Waals surface area contributed by atoms with Gasteiger partial charge in [-0.15, -0.1) is 0 Å². The molecular weight excluding hydrogens is 392 g/mol. The number of nitrogens with zero attached hydrogens (tertiary/aromatic N) is 3. The van der Waals surface area contributed by atoms with Gasteiger partial charge in [-0.1, -0.05) is 18.2 Å². The summed E-state index contributed by atoms with van der Waals surface area (Å²) in [5.74, 6) is 0.593. The maximum Gasteiger partial charge on any atom is 0.246 e. The van der Waals surface area contributed by atoms with Gasteiger partial charge in [-0.25, -0.2) is 8.42 Å². The van der Waals surface area contributed by atoms with Crippen LogP contribution in [0.4, 0.5) is 0 Å². The van der Waals surface area contributed by atoms with E-state index in [4.69, 9.17) is 4.74 Å². The molecular formula is C20H28N4O4S. The van der Waals surface area contributed by atoms with Crippen LogP contribution in [0, 0.1) is 13.8 Å². The number of sulfonamides is 1. The maximum absolute atomic E-state index is 12.9. The molecule has 1 aromatic carbocycles. The second-order valence-corrected chi connectivity index (χ2v) is 9.05. The lowest BCUT2D eigenvalue weighted by molar-refractivity contribution is -0.121. The van der Waals surface area contributed by atoms with Gasteiger partial charge in [-0.05, 0) is 32.8 Å². The van der Waals surface area contributed by atoms with E-state index >= 15 is 0 Å². The molecule has 3 rings (SSSR count). The number of amides is 1. The van der Waals surface area contributed by atoms with Gasteiger partial charge in [0.1, 0.15) is 10.6 Å². The molecule has 0 spiro atoms. The third-order valence-corrected chi connectivity index (χ3v) is 7.35. The number of hydrogen-bond donors (Lipinski definition) is 1. The lowest BCUT2D eigenvalue weighted by atomic mass is 10.2. The van der Waals surface area contributed by atoms with E-state index in [1.54, 1.807) is 25.6 Å². The Kier molecular flexibility index (Phi) is 6.59. The molecule has 1 fully saturated rings. The van der Waals surface area contributed by atoms with E-state index in [0.29, 0.717) is 37.6 Å². The summed E-state index contributed by atoms with van der Waals surface area (Å²) in [6.07, 6.45) is 1.98. The first-order valence-electron chi connectivity index (χ1n) is 9.77. The minimum Gasteiger partial charge on any atom is -0.496 e. The van der Waals surface area contributed by atoms with E-state index in [9.17, 15) is 13.2 Å². The number of ether oxygens (including phenoxy) is 1. The number of methoxy groups -OCH3 is 1. The van der Waals surface area contributed by atoms with Gasteiger partial charge in [0.25, 0.3) is 0 Å². The Labute approximate surface area is 171 Å². The fraction of sp³-hybridized carbons (Fsp3) is 0.500. The third-order valence-electron chi connectivity index (χ3n) is 5.20. The zero-order valence-electron chi connectivity index (χ0n) is 17.1. The number of aromatic nitrogens is 2. The van der Waals surface area contributed by atoms with Gasteiger partial charge in [0.2, 0.25) is 15.9 Å². The van der Waals surface area contributed by atoms with Gasteiger partial charge < -0.3 is 10.1 Å². The van der Waals surface area contributed by atoms with Gasteiger partial charge >= 0.3 is 0 Å². The van der Waals surface area contributed by atoms with Gasteiger partial charge in [-0.2, -0.15) is 9.40 Å². The van der Waals surface area contributed by atoms with Crippen LogP contribution in [-0.2, 0) is 27.9 Å². The zero-order chi connectivity index (χ0) is 21.0. The highest BCUT2D eigenvalue weighted by Crippen LogP contribution is 2.26. The highest BCUT2D eigenvalue weighted by Gasteiger charge is 2.32. The summed E-state index contributed by atoms with van der Waals surface area (Å²) in [6, 6.07) is 7.51. The second-order valence-electron chi connectivity index (χ2n) is 7.17. The molecule has 0 saturated carbocycles. The van der Waals surface area contributed by atoms with Crippen LogP contribution in [0.1, 0.15) is 36.2 Å². The lowest BCUT2D eigenvalue weighted by Crippen LogP contribution is -2.28. The first-order valence-corrected chi connectivity index (χ1v) is 11.2. The number of hydrogen-bond acceptors (Lipinski definition) is 5. The summed E-state index contributed by atoms with van der Waals surface area (Å²) in [7, 11) is -1.94. The molecule has 0 radical (unpaired) electrons. The molecule has 1 N–H and O–H groups in total. The van der Waals surface area contributed by atoms with Crippen molar-refractivity contribution in [3.8, 4) is 5.75 Å². The molecule has 8 nitrogen and oxygen atoms in total. The fourth-order valence-electron chi connectivity index (χ4n) is 3.67. The van der Waals surface area contributed by atoms with Crippen LogP contribution >= 0.6 is 0 Å². The number of aryl methyl sites for hydroxylation is 2. The first-order chi connectivity index (χ1) is 13.8. The predicted molar refractivity (Wildman–Crippen MR) is 109 cm³/mol. The molecule has 0 atom stereocenters. The van der Waals surface area contributed by atoms with Crippen molar-refractivity contribution in [1.82, 2.24) is 19.4 Å². The molecule has 2 heterocycles. The highest BCUT2D eigenvalue weighted by molar-refractivity contribution is 7.89. The van der Waals surface area contributed by atoms with Crippen molar-refractivity contribution in [2.75, 3.05) is 20.2 Å². The van der Waals surface area contributed by atoms with Gasteiger partial charge in [-0.3, -0.25) is 9.48 Å². The van der Waals surface area contributed by atoms with Crippen molar-refractivity contribution < 1.29 is 17.9 Å². The molecule has 1 amide bonds. The van der Waals surface area contributed by atoms with Crippen LogP contribution in [0.15, 0.2) is 29.2 Å². The number of carbonyl (C=O) groups excluding carboxylic acids is 1. The molecule has 2 aromatic rings. The topological polar surface area (TPSA) is 93.5 Å². The first kappa shape index (κ1) is 21.3. The molecule has 29 heavy (non-hydrogen) atoms. The number of para-hydroxylation sites is 1. The van der Waals surface area contributed by atoms with E-state index in [0.717, 1.165) is 24.2 Å². The Bertz CT molecular complexity index is 978. The largest absolute Gasteiger partial charge is 0.496 e. The van der Waals surface area contributed by atoms with Crippen molar-refractivity contribution in [3.05, 3.63) is 41.2 Å². The number of nitrogens with one attached hydrogen (secondary N) is 1. The Morgan fingerprint density at radius 3 is 2.59 bits per heavy atom. The molecule has 158 valence electrons. The van der Waals surface area contributed by atoms with Crippen molar-refractivity contribution in [2.24, 2.45) is 0 Å². The fourth-order valence-corrected chi connectivity index (χ4v) is 5.56.